The zero-order valence-electron chi connectivity index (χ0n) is 10.3. The Kier molecular flexibility index (Phi) is 4.33. The summed E-state index contributed by atoms with van der Waals surface area (Å²) >= 11 is 3.13. The molecule has 2 rings (SSSR count). The van der Waals surface area contributed by atoms with E-state index in [2.05, 4.69) is 21.8 Å². The Morgan fingerprint density at radius 3 is 3.00 bits per heavy atom. The number of hydrogen-bond acceptors (Lipinski definition) is 6. The van der Waals surface area contributed by atoms with E-state index in [1.807, 2.05) is 11.9 Å². The van der Waals surface area contributed by atoms with Crippen molar-refractivity contribution in [1.29, 1.82) is 0 Å². The van der Waals surface area contributed by atoms with E-state index in [0.717, 1.165) is 11.7 Å². The summed E-state index contributed by atoms with van der Waals surface area (Å²) in [6, 6.07) is 2.08. The number of anilines is 1. The van der Waals surface area contributed by atoms with Crippen molar-refractivity contribution in [3.8, 4) is 0 Å². The molecule has 0 radical (unpaired) electrons. The van der Waals surface area contributed by atoms with Crippen LogP contribution >= 0.6 is 22.7 Å². The molecule has 0 atom stereocenters. The van der Waals surface area contributed by atoms with E-state index in [0.29, 0.717) is 12.3 Å². The SMILES string of the molecule is CCOC(=O)c1csc(N(C)Cc2ccsc2)n1. The molecule has 2 aromatic rings. The minimum absolute atomic E-state index is 0.357. The van der Waals surface area contributed by atoms with Gasteiger partial charge in [-0.05, 0) is 29.3 Å². The Hall–Kier alpha value is -1.40. The van der Waals surface area contributed by atoms with Crippen LogP contribution in [0.2, 0.25) is 0 Å². The van der Waals surface area contributed by atoms with Gasteiger partial charge in [0.25, 0.3) is 0 Å². The van der Waals surface area contributed by atoms with Gasteiger partial charge in [-0.25, -0.2) is 9.78 Å². The first kappa shape index (κ1) is 13.0. The molecule has 0 bridgehead atoms. The van der Waals surface area contributed by atoms with Gasteiger partial charge in [0.1, 0.15) is 0 Å². The Balaban J connectivity index is 2.03. The molecule has 4 nitrogen and oxygen atoms in total. The first-order valence-electron chi connectivity index (χ1n) is 5.55. The number of thiophene rings is 1. The second-order valence-electron chi connectivity index (χ2n) is 3.72. The zero-order chi connectivity index (χ0) is 13.0. The molecule has 0 aromatic carbocycles. The lowest BCUT2D eigenvalue weighted by molar-refractivity contribution is 0.0520. The molecule has 0 aliphatic rings. The normalized spacial score (nSPS) is 10.3. The van der Waals surface area contributed by atoms with Crippen LogP contribution in [0.3, 0.4) is 0 Å². The van der Waals surface area contributed by atoms with Crippen LogP contribution in [0.4, 0.5) is 5.13 Å². The van der Waals surface area contributed by atoms with E-state index in [1.54, 1.807) is 23.6 Å². The van der Waals surface area contributed by atoms with E-state index in [-0.39, 0.29) is 5.97 Å². The fourth-order valence-corrected chi connectivity index (χ4v) is 2.88. The van der Waals surface area contributed by atoms with Crippen LogP contribution in [0.15, 0.2) is 22.2 Å². The van der Waals surface area contributed by atoms with E-state index >= 15 is 0 Å². The third kappa shape index (κ3) is 3.08. The van der Waals surface area contributed by atoms with Gasteiger partial charge < -0.3 is 9.64 Å². The largest absolute Gasteiger partial charge is 0.461 e. The Morgan fingerprint density at radius 2 is 2.33 bits per heavy atom. The Bertz CT molecular complexity index is 508. The highest BCUT2D eigenvalue weighted by Gasteiger charge is 2.14. The van der Waals surface area contributed by atoms with Crippen molar-refractivity contribution in [3.63, 3.8) is 0 Å². The fraction of sp³-hybridized carbons (Fsp3) is 0.333. The van der Waals surface area contributed by atoms with Crippen molar-refractivity contribution in [2.45, 2.75) is 13.5 Å². The first-order valence-corrected chi connectivity index (χ1v) is 7.37. The molecule has 0 saturated heterocycles. The number of esters is 1. The molecule has 96 valence electrons. The molecular weight excluding hydrogens is 268 g/mol. The van der Waals surface area contributed by atoms with Gasteiger partial charge in [0.15, 0.2) is 10.8 Å². The van der Waals surface area contributed by atoms with Crippen LogP contribution in [-0.4, -0.2) is 24.6 Å². The number of nitrogens with zero attached hydrogens (tertiary/aromatic N) is 2. The second kappa shape index (κ2) is 5.97. The molecule has 2 heterocycles. The fourth-order valence-electron chi connectivity index (χ4n) is 1.46. The molecule has 2 aromatic heterocycles. The highest BCUT2D eigenvalue weighted by Crippen LogP contribution is 2.22. The summed E-state index contributed by atoms with van der Waals surface area (Å²) in [6.07, 6.45) is 0. The van der Waals surface area contributed by atoms with E-state index < -0.39 is 0 Å². The summed E-state index contributed by atoms with van der Waals surface area (Å²) in [7, 11) is 1.96. The molecular formula is C12H14N2O2S2. The van der Waals surface area contributed by atoms with Gasteiger partial charge in [-0.2, -0.15) is 11.3 Å². The minimum atomic E-state index is -0.357. The maximum absolute atomic E-state index is 11.5. The molecule has 18 heavy (non-hydrogen) atoms. The molecule has 0 aliphatic heterocycles. The molecule has 0 N–H and O–H groups in total. The number of carbonyl (C=O) groups is 1. The van der Waals surface area contributed by atoms with E-state index in [4.69, 9.17) is 4.74 Å². The lowest BCUT2D eigenvalue weighted by Crippen LogP contribution is -2.16. The average molecular weight is 282 g/mol. The van der Waals surface area contributed by atoms with Crippen LogP contribution in [0.25, 0.3) is 0 Å². The predicted octanol–water partition coefficient (Wildman–Crippen LogP) is 3.02. The van der Waals surface area contributed by atoms with Gasteiger partial charge in [-0.3, -0.25) is 0 Å². The van der Waals surface area contributed by atoms with Crippen LogP contribution in [0.1, 0.15) is 23.0 Å². The standard InChI is InChI=1S/C12H14N2O2S2/c1-3-16-11(15)10-8-18-12(13-10)14(2)6-9-4-5-17-7-9/h4-5,7-8H,3,6H2,1-2H3. The molecule has 0 amide bonds. The number of rotatable bonds is 5. The summed E-state index contributed by atoms with van der Waals surface area (Å²) in [5, 5.41) is 6.72. The first-order chi connectivity index (χ1) is 8.70. The molecule has 0 fully saturated rings. The van der Waals surface area contributed by atoms with Gasteiger partial charge >= 0.3 is 5.97 Å². The third-order valence-electron chi connectivity index (χ3n) is 2.30. The predicted molar refractivity (Wildman–Crippen MR) is 74.5 cm³/mol. The molecule has 6 heteroatoms. The second-order valence-corrected chi connectivity index (χ2v) is 5.34. The van der Waals surface area contributed by atoms with Crippen LogP contribution in [0, 0.1) is 0 Å². The van der Waals surface area contributed by atoms with E-state index in [9.17, 15) is 4.79 Å². The number of thiazole rings is 1. The topological polar surface area (TPSA) is 42.4 Å². The van der Waals surface area contributed by atoms with Crippen molar-refractivity contribution in [2.24, 2.45) is 0 Å². The van der Waals surface area contributed by atoms with Crippen molar-refractivity contribution in [2.75, 3.05) is 18.6 Å². The van der Waals surface area contributed by atoms with Crippen LogP contribution in [-0.2, 0) is 11.3 Å². The molecule has 0 unspecified atom stereocenters. The summed E-state index contributed by atoms with van der Waals surface area (Å²) in [5.74, 6) is -0.357. The highest BCUT2D eigenvalue weighted by atomic mass is 32.1. The van der Waals surface area contributed by atoms with Gasteiger partial charge in [0, 0.05) is 19.0 Å². The number of aromatic nitrogens is 1. The zero-order valence-corrected chi connectivity index (χ0v) is 11.9. The van der Waals surface area contributed by atoms with Crippen molar-refractivity contribution < 1.29 is 9.53 Å². The average Bonchev–Trinajstić information content (AvgIpc) is 2.99. The van der Waals surface area contributed by atoms with Gasteiger partial charge in [-0.1, -0.05) is 0 Å². The molecule has 0 spiro atoms. The summed E-state index contributed by atoms with van der Waals surface area (Å²) in [4.78, 5) is 17.8. The van der Waals surface area contributed by atoms with Crippen LogP contribution < -0.4 is 4.90 Å². The maximum atomic E-state index is 11.5. The smallest absolute Gasteiger partial charge is 0.357 e. The van der Waals surface area contributed by atoms with Crippen molar-refractivity contribution in [3.05, 3.63) is 33.5 Å². The number of carbonyl (C=O) groups excluding carboxylic acids is 1. The van der Waals surface area contributed by atoms with Crippen LogP contribution in [0.5, 0.6) is 0 Å². The Morgan fingerprint density at radius 1 is 1.50 bits per heavy atom. The quantitative estimate of drug-likeness (QED) is 0.791. The third-order valence-corrected chi connectivity index (χ3v) is 3.99. The lowest BCUT2D eigenvalue weighted by Gasteiger charge is -2.14. The van der Waals surface area contributed by atoms with Gasteiger partial charge in [0.05, 0.1) is 6.61 Å². The number of ether oxygens (including phenoxy) is 1. The van der Waals surface area contributed by atoms with Crippen molar-refractivity contribution >= 4 is 33.8 Å². The summed E-state index contributed by atoms with van der Waals surface area (Å²) in [5.41, 5.74) is 1.63. The minimum Gasteiger partial charge on any atom is -0.461 e. The molecule has 0 saturated carbocycles. The van der Waals surface area contributed by atoms with Gasteiger partial charge in [-0.15, -0.1) is 11.3 Å². The summed E-state index contributed by atoms with van der Waals surface area (Å²) in [6.45, 7) is 2.95. The monoisotopic (exact) mass is 282 g/mol. The molecule has 0 aliphatic carbocycles. The van der Waals surface area contributed by atoms with E-state index in [1.165, 1.54) is 16.9 Å². The highest BCUT2D eigenvalue weighted by molar-refractivity contribution is 7.13. The Labute approximate surface area is 114 Å². The maximum Gasteiger partial charge on any atom is 0.357 e. The lowest BCUT2D eigenvalue weighted by atomic mass is 10.3. The van der Waals surface area contributed by atoms with Crippen molar-refractivity contribution in [1.82, 2.24) is 4.98 Å². The number of hydrogen-bond donors (Lipinski definition) is 0. The summed E-state index contributed by atoms with van der Waals surface area (Å²) < 4.78 is 4.92. The van der Waals surface area contributed by atoms with Gasteiger partial charge in [0.2, 0.25) is 0 Å².